The summed E-state index contributed by atoms with van der Waals surface area (Å²) >= 11 is 0. The van der Waals surface area contributed by atoms with E-state index in [1.165, 1.54) is 92.6 Å². The number of carbonyl (C=O) groups excluding carboxylic acids is 11. The van der Waals surface area contributed by atoms with E-state index in [-0.39, 0.29) is 49.9 Å². The molecule has 0 saturated carbocycles. The van der Waals surface area contributed by atoms with Gasteiger partial charge in [0.15, 0.2) is 0 Å². The number of nitrogens with zero attached hydrogens (tertiary/aromatic N) is 8. The molecule has 1 heterocycles. The summed E-state index contributed by atoms with van der Waals surface area (Å²) in [6.45, 7) is 30.3. The highest BCUT2D eigenvalue weighted by Gasteiger charge is 2.46. The SMILES string of the molecule is CC=CC[C@@H](C)[C@@H](O)[C@H]1C(=O)N[C@@H](CC)C(=O)N(C)[C@H](CCCN(C)C)C(=O)N(C)[C@@H](C(C)C)C(=O)N[C@@H](C(C)C)C(=O)N(C)[C@@H](CC(C)C)C(=O)N[C@@H](C)C(=O)N[C@H](C)C(=O)N(C)[C@@H](CC(C)C)C(=O)N(C)[C@@H](CC(C)C)C(=O)N(C)[C@@H](C(C)C)C(=O)N1C. The zero-order valence-electron chi connectivity index (χ0n) is 59.8. The molecule has 90 heavy (non-hydrogen) atoms. The van der Waals surface area contributed by atoms with Crippen molar-refractivity contribution in [1.82, 2.24) is 60.5 Å². The van der Waals surface area contributed by atoms with E-state index in [0.717, 1.165) is 4.90 Å². The first-order chi connectivity index (χ1) is 41.5. The Morgan fingerprint density at radius 2 is 0.867 bits per heavy atom. The zero-order valence-corrected chi connectivity index (χ0v) is 59.8. The minimum Gasteiger partial charge on any atom is -0.390 e. The summed E-state index contributed by atoms with van der Waals surface area (Å²) in [6, 6.07) is -13.7. The zero-order chi connectivity index (χ0) is 69.8. The van der Waals surface area contributed by atoms with E-state index in [1.807, 2.05) is 73.5 Å². The highest BCUT2D eigenvalue weighted by molar-refractivity contribution is 6.00. The van der Waals surface area contributed by atoms with Gasteiger partial charge in [0.05, 0.1) is 6.10 Å². The standard InChI is InChI=1S/C66H120N12O12/c1-27-29-31-43(15)55(79)54-59(83)69-46(28-2)61(85)72(20)47(32-30-33-71(18)19)62(86)76(24)52(41(11)12)58(82)70-51(40(9)10)65(89)73(21)48(34-37(3)4)57(81)67-44(16)56(80)68-45(17)60(84)74(22)49(35-38(5)6)63(87)75(23)50(36-39(7)8)64(88)77(25)53(42(13)14)66(90)78(54)26/h27,29,37-55,79H,28,30-36H2,1-26H3,(H,67,81)(H,68,80)(H,69,83)(H,70,82)/t43-,44+,45-,46+,47-,48+,49+,50+,51+,52+,53+,54+,55-/m1/s1. The normalized spacial score (nSPS) is 27.0. The second-order valence-electron chi connectivity index (χ2n) is 27.8. The lowest BCUT2D eigenvalue weighted by Crippen LogP contribution is -2.64. The quantitative estimate of drug-likeness (QED) is 0.123. The highest BCUT2D eigenvalue weighted by atomic mass is 16.3. The first kappa shape index (κ1) is 81.8. The van der Waals surface area contributed by atoms with Crippen LogP contribution in [0.3, 0.4) is 0 Å². The summed E-state index contributed by atoms with van der Waals surface area (Å²) < 4.78 is 0. The van der Waals surface area contributed by atoms with Crippen molar-refractivity contribution in [3.05, 3.63) is 12.2 Å². The van der Waals surface area contributed by atoms with Gasteiger partial charge < -0.3 is 65.6 Å². The van der Waals surface area contributed by atoms with Gasteiger partial charge in [-0.2, -0.15) is 0 Å². The molecule has 0 spiro atoms. The van der Waals surface area contributed by atoms with Crippen LogP contribution < -0.4 is 21.3 Å². The van der Waals surface area contributed by atoms with Crippen LogP contribution in [-0.2, 0) is 52.7 Å². The molecular weight excluding hydrogens is 1150 g/mol. The maximum atomic E-state index is 15.3. The molecule has 11 amide bonds. The van der Waals surface area contributed by atoms with Crippen molar-refractivity contribution < 1.29 is 57.8 Å². The number of hydrogen-bond acceptors (Lipinski definition) is 13. The van der Waals surface area contributed by atoms with Crippen LogP contribution in [0.1, 0.15) is 163 Å². The largest absolute Gasteiger partial charge is 0.390 e. The van der Waals surface area contributed by atoms with Gasteiger partial charge in [-0.05, 0) is 128 Å². The Kier molecular flexibility index (Phi) is 34.0. The van der Waals surface area contributed by atoms with Crippen LogP contribution in [0.5, 0.6) is 0 Å². The highest BCUT2D eigenvalue weighted by Crippen LogP contribution is 2.26. The van der Waals surface area contributed by atoms with Crippen LogP contribution in [-0.4, -0.2) is 252 Å². The summed E-state index contributed by atoms with van der Waals surface area (Å²) in [7, 11) is 13.8. The molecule has 0 aromatic heterocycles. The van der Waals surface area contributed by atoms with Crippen molar-refractivity contribution in [2.24, 2.45) is 41.4 Å². The Hall–Kier alpha value is -6.17. The molecule has 0 aromatic carbocycles. The molecule has 1 rings (SSSR count). The number of hydrogen-bond donors (Lipinski definition) is 5. The average Bonchev–Trinajstić information content (AvgIpc) is 1.20. The minimum atomic E-state index is -1.63. The van der Waals surface area contributed by atoms with Gasteiger partial charge in [0.2, 0.25) is 65.0 Å². The molecule has 0 bridgehead atoms. The summed E-state index contributed by atoms with van der Waals surface area (Å²) in [4.78, 5) is 174. The molecule has 1 fully saturated rings. The molecule has 0 aliphatic carbocycles. The molecule has 0 unspecified atom stereocenters. The number of carbonyl (C=O) groups is 11. The number of allylic oxidation sites excluding steroid dienone is 2. The van der Waals surface area contributed by atoms with Crippen molar-refractivity contribution in [2.45, 2.75) is 235 Å². The molecule has 24 heteroatoms. The van der Waals surface area contributed by atoms with Crippen molar-refractivity contribution in [3.8, 4) is 0 Å². The maximum Gasteiger partial charge on any atom is 0.246 e. The molecular formula is C66H120N12O12. The molecule has 0 radical (unpaired) electrons. The van der Waals surface area contributed by atoms with E-state index in [2.05, 4.69) is 21.3 Å². The third-order valence-electron chi connectivity index (χ3n) is 17.3. The van der Waals surface area contributed by atoms with E-state index in [0.29, 0.717) is 19.4 Å². The van der Waals surface area contributed by atoms with Crippen LogP contribution in [0.15, 0.2) is 12.2 Å². The predicted octanol–water partition coefficient (Wildman–Crippen LogP) is 3.59. The summed E-state index contributed by atoms with van der Waals surface area (Å²) in [5.74, 6) is -10.1. The van der Waals surface area contributed by atoms with Crippen LogP contribution >= 0.6 is 0 Å². The first-order valence-corrected chi connectivity index (χ1v) is 32.6. The van der Waals surface area contributed by atoms with Crippen LogP contribution in [0.4, 0.5) is 0 Å². The maximum absolute atomic E-state index is 15.3. The van der Waals surface area contributed by atoms with E-state index >= 15 is 28.8 Å². The molecule has 24 nitrogen and oxygen atoms in total. The predicted molar refractivity (Wildman–Crippen MR) is 351 cm³/mol. The van der Waals surface area contributed by atoms with Gasteiger partial charge in [0.25, 0.3) is 0 Å². The topological polar surface area (TPSA) is 282 Å². The number of aliphatic hydroxyl groups excluding tert-OH is 1. The molecule has 13 atom stereocenters. The van der Waals surface area contributed by atoms with Gasteiger partial charge >= 0.3 is 0 Å². The number of aliphatic hydroxyl groups is 1. The summed E-state index contributed by atoms with van der Waals surface area (Å²) in [6.07, 6.45) is 3.42. The molecule has 516 valence electrons. The third kappa shape index (κ3) is 22.6. The van der Waals surface area contributed by atoms with Gasteiger partial charge in [0, 0.05) is 49.3 Å². The fourth-order valence-electron chi connectivity index (χ4n) is 11.7. The van der Waals surface area contributed by atoms with Crippen LogP contribution in [0.2, 0.25) is 0 Å². The Balaban J connectivity index is 4.50. The van der Waals surface area contributed by atoms with Gasteiger partial charge in [0.1, 0.15) is 66.5 Å². The lowest BCUT2D eigenvalue weighted by molar-refractivity contribution is -0.157. The number of likely N-dealkylation sites (N-methyl/N-ethyl adjacent to an activating group) is 7. The molecule has 1 aliphatic heterocycles. The molecule has 0 aromatic rings. The van der Waals surface area contributed by atoms with Crippen molar-refractivity contribution >= 4 is 65.0 Å². The Morgan fingerprint density at radius 1 is 0.456 bits per heavy atom. The fraction of sp³-hybridized carbons (Fsp3) is 0.803. The average molecular weight is 1270 g/mol. The van der Waals surface area contributed by atoms with Gasteiger partial charge in [-0.1, -0.05) is 109 Å². The number of nitrogens with one attached hydrogen (secondary N) is 4. The molecule has 1 saturated heterocycles. The first-order valence-electron chi connectivity index (χ1n) is 32.6. The second-order valence-corrected chi connectivity index (χ2v) is 27.8. The van der Waals surface area contributed by atoms with E-state index in [4.69, 9.17) is 0 Å². The van der Waals surface area contributed by atoms with E-state index in [1.54, 1.807) is 61.5 Å². The van der Waals surface area contributed by atoms with E-state index in [9.17, 15) is 29.1 Å². The monoisotopic (exact) mass is 1270 g/mol. The van der Waals surface area contributed by atoms with Crippen LogP contribution in [0, 0.1) is 41.4 Å². The van der Waals surface area contributed by atoms with Gasteiger partial charge in [-0.25, -0.2) is 0 Å². The van der Waals surface area contributed by atoms with Crippen molar-refractivity contribution in [1.29, 1.82) is 0 Å². The van der Waals surface area contributed by atoms with Crippen LogP contribution in [0.25, 0.3) is 0 Å². The fourth-order valence-corrected chi connectivity index (χ4v) is 11.7. The van der Waals surface area contributed by atoms with E-state index < -0.39 is 161 Å². The molecule has 5 N–H and O–H groups in total. The summed E-state index contributed by atoms with van der Waals surface area (Å²) in [5.41, 5.74) is 0. The minimum absolute atomic E-state index is 0.0120. The van der Waals surface area contributed by atoms with Crippen molar-refractivity contribution in [2.75, 3.05) is 70.0 Å². The van der Waals surface area contributed by atoms with Gasteiger partial charge in [-0.15, -0.1) is 0 Å². The summed E-state index contributed by atoms with van der Waals surface area (Å²) in [5, 5.41) is 23.4. The number of rotatable bonds is 18. The van der Waals surface area contributed by atoms with Crippen molar-refractivity contribution in [3.63, 3.8) is 0 Å². The Labute approximate surface area is 540 Å². The lowest BCUT2D eigenvalue weighted by Gasteiger charge is -2.41. The smallest absolute Gasteiger partial charge is 0.246 e. The Morgan fingerprint density at radius 3 is 1.32 bits per heavy atom. The van der Waals surface area contributed by atoms with Gasteiger partial charge in [-0.3, -0.25) is 52.7 Å². The number of amides is 11. The second kappa shape index (κ2) is 37.4. The lowest BCUT2D eigenvalue weighted by atomic mass is 9.91. The third-order valence-corrected chi connectivity index (χ3v) is 17.3. The Bertz CT molecular complexity index is 2450. The molecule has 1 aliphatic rings.